The van der Waals surface area contributed by atoms with E-state index in [-0.39, 0.29) is 18.1 Å². The number of ether oxygens (including phenoxy) is 1. The van der Waals surface area contributed by atoms with Crippen molar-refractivity contribution in [1.82, 2.24) is 0 Å². The summed E-state index contributed by atoms with van der Waals surface area (Å²) in [5.74, 6) is -0.375. The molecular formula is C14H16N2O4. The molecular weight excluding hydrogens is 260 g/mol. The van der Waals surface area contributed by atoms with E-state index < -0.39 is 10.3 Å². The van der Waals surface area contributed by atoms with Gasteiger partial charge in [-0.25, -0.2) is 0 Å². The van der Waals surface area contributed by atoms with Gasteiger partial charge in [0, 0.05) is 18.6 Å². The standard InChI is InChI=1S/C14H16N2O4/c1-3-14(10-15,9-8-13(17)20-2)11-4-6-12(7-5-11)16(18)19/h4-7H,3,8-9H2,1-2H3. The number of nitro groups is 1. The number of rotatable bonds is 6. The molecule has 1 unspecified atom stereocenters. The fourth-order valence-corrected chi connectivity index (χ4v) is 2.04. The van der Waals surface area contributed by atoms with Crippen LogP contribution in [0.4, 0.5) is 5.69 Å². The van der Waals surface area contributed by atoms with Gasteiger partial charge in [-0.05, 0) is 18.4 Å². The Bertz CT molecular complexity index is 533. The van der Waals surface area contributed by atoms with E-state index in [0.717, 1.165) is 0 Å². The minimum absolute atomic E-state index is 0.0235. The van der Waals surface area contributed by atoms with Crippen molar-refractivity contribution in [3.63, 3.8) is 0 Å². The molecule has 6 heteroatoms. The minimum Gasteiger partial charge on any atom is -0.469 e. The van der Waals surface area contributed by atoms with E-state index in [4.69, 9.17) is 0 Å². The number of carbonyl (C=O) groups excluding carboxylic acids is 1. The number of carbonyl (C=O) groups is 1. The molecule has 106 valence electrons. The molecule has 0 amide bonds. The highest BCUT2D eigenvalue weighted by Crippen LogP contribution is 2.33. The van der Waals surface area contributed by atoms with Gasteiger partial charge in [0.25, 0.3) is 5.69 Å². The van der Waals surface area contributed by atoms with Gasteiger partial charge in [0.2, 0.25) is 0 Å². The summed E-state index contributed by atoms with van der Waals surface area (Å²) in [5, 5.41) is 20.1. The highest BCUT2D eigenvalue weighted by molar-refractivity contribution is 5.69. The summed E-state index contributed by atoms with van der Waals surface area (Å²) in [6.07, 6.45) is 0.970. The number of nitriles is 1. The zero-order valence-corrected chi connectivity index (χ0v) is 11.5. The lowest BCUT2D eigenvalue weighted by Crippen LogP contribution is -2.24. The second kappa shape index (κ2) is 6.66. The van der Waals surface area contributed by atoms with Crippen molar-refractivity contribution in [2.24, 2.45) is 0 Å². The zero-order chi connectivity index (χ0) is 15.2. The van der Waals surface area contributed by atoms with Gasteiger partial charge in [-0.3, -0.25) is 14.9 Å². The molecule has 0 aliphatic rings. The number of methoxy groups -OCH3 is 1. The van der Waals surface area contributed by atoms with Crippen molar-refractivity contribution in [2.45, 2.75) is 31.6 Å². The van der Waals surface area contributed by atoms with Crippen LogP contribution in [-0.2, 0) is 14.9 Å². The van der Waals surface area contributed by atoms with E-state index in [2.05, 4.69) is 10.8 Å². The maximum atomic E-state index is 11.2. The van der Waals surface area contributed by atoms with Crippen molar-refractivity contribution in [3.8, 4) is 6.07 Å². The molecule has 0 aliphatic carbocycles. The Morgan fingerprint density at radius 3 is 2.45 bits per heavy atom. The second-order valence-corrected chi connectivity index (χ2v) is 4.43. The number of nitrogens with zero attached hydrogens (tertiary/aromatic N) is 2. The monoisotopic (exact) mass is 276 g/mol. The van der Waals surface area contributed by atoms with Crippen LogP contribution >= 0.6 is 0 Å². The maximum absolute atomic E-state index is 11.2. The van der Waals surface area contributed by atoms with Gasteiger partial charge in [0.05, 0.1) is 23.5 Å². The Kier molecular flexibility index (Phi) is 5.21. The maximum Gasteiger partial charge on any atom is 0.305 e. The van der Waals surface area contributed by atoms with Crippen LogP contribution in [-0.4, -0.2) is 18.0 Å². The van der Waals surface area contributed by atoms with E-state index in [1.165, 1.54) is 19.2 Å². The van der Waals surface area contributed by atoms with Crippen LogP contribution in [0.3, 0.4) is 0 Å². The fourth-order valence-electron chi connectivity index (χ4n) is 2.04. The van der Waals surface area contributed by atoms with Gasteiger partial charge in [-0.2, -0.15) is 5.26 Å². The molecule has 0 bridgehead atoms. The highest BCUT2D eigenvalue weighted by atomic mass is 16.6. The molecule has 6 nitrogen and oxygen atoms in total. The number of non-ortho nitro benzene ring substituents is 1. The first-order valence-corrected chi connectivity index (χ1v) is 6.22. The predicted octanol–water partition coefficient (Wildman–Crippen LogP) is 2.72. The van der Waals surface area contributed by atoms with Crippen molar-refractivity contribution in [2.75, 3.05) is 7.11 Å². The Morgan fingerprint density at radius 1 is 1.45 bits per heavy atom. The SMILES string of the molecule is CCC(C#N)(CCC(=O)OC)c1ccc([N+](=O)[O-])cc1. The van der Waals surface area contributed by atoms with Crippen molar-refractivity contribution in [3.05, 3.63) is 39.9 Å². The fraction of sp³-hybridized carbons (Fsp3) is 0.429. The number of benzene rings is 1. The number of hydrogen-bond acceptors (Lipinski definition) is 5. The third-order valence-corrected chi connectivity index (χ3v) is 3.43. The molecule has 0 heterocycles. The topological polar surface area (TPSA) is 93.2 Å². The third-order valence-electron chi connectivity index (χ3n) is 3.43. The summed E-state index contributed by atoms with van der Waals surface area (Å²) in [6, 6.07) is 8.12. The smallest absolute Gasteiger partial charge is 0.305 e. The molecule has 0 saturated carbocycles. The summed E-state index contributed by atoms with van der Waals surface area (Å²) in [6.45, 7) is 1.85. The van der Waals surface area contributed by atoms with Crippen LogP contribution in [0.1, 0.15) is 31.7 Å². The minimum atomic E-state index is -0.830. The normalized spacial score (nSPS) is 13.1. The predicted molar refractivity (Wildman–Crippen MR) is 71.9 cm³/mol. The Labute approximate surface area is 117 Å². The molecule has 1 aromatic carbocycles. The van der Waals surface area contributed by atoms with Gasteiger partial charge in [0.1, 0.15) is 0 Å². The third kappa shape index (κ3) is 3.32. The average molecular weight is 276 g/mol. The van der Waals surface area contributed by atoms with Gasteiger partial charge in [-0.15, -0.1) is 0 Å². The molecule has 1 aromatic rings. The molecule has 0 aliphatic heterocycles. The Morgan fingerprint density at radius 2 is 2.05 bits per heavy atom. The Balaban J connectivity index is 3.03. The molecule has 1 atom stereocenters. The van der Waals surface area contributed by atoms with Crippen LogP contribution < -0.4 is 0 Å². The molecule has 0 saturated heterocycles. The number of esters is 1. The molecule has 0 fully saturated rings. The molecule has 1 rings (SSSR count). The lowest BCUT2D eigenvalue weighted by Gasteiger charge is -2.25. The summed E-state index contributed by atoms with van der Waals surface area (Å²) in [4.78, 5) is 21.4. The van der Waals surface area contributed by atoms with E-state index >= 15 is 0 Å². The van der Waals surface area contributed by atoms with E-state index in [1.54, 1.807) is 12.1 Å². The van der Waals surface area contributed by atoms with Crippen molar-refractivity contribution >= 4 is 11.7 Å². The molecule has 0 radical (unpaired) electrons. The summed E-state index contributed by atoms with van der Waals surface area (Å²) < 4.78 is 4.58. The van der Waals surface area contributed by atoms with Crippen LogP contribution in [0.15, 0.2) is 24.3 Å². The molecule has 0 aromatic heterocycles. The zero-order valence-electron chi connectivity index (χ0n) is 11.5. The lowest BCUT2D eigenvalue weighted by atomic mass is 9.76. The van der Waals surface area contributed by atoms with Gasteiger partial charge in [0.15, 0.2) is 0 Å². The van der Waals surface area contributed by atoms with Crippen molar-refractivity contribution in [1.29, 1.82) is 5.26 Å². The average Bonchev–Trinajstić information content (AvgIpc) is 2.48. The number of nitro benzene ring substituents is 1. The van der Waals surface area contributed by atoms with E-state index in [0.29, 0.717) is 18.4 Å². The summed E-state index contributed by atoms with van der Waals surface area (Å²) in [5.41, 5.74) is -0.176. The molecule has 20 heavy (non-hydrogen) atoms. The van der Waals surface area contributed by atoms with Gasteiger partial charge in [-0.1, -0.05) is 19.1 Å². The van der Waals surface area contributed by atoms with Crippen molar-refractivity contribution < 1.29 is 14.5 Å². The highest BCUT2D eigenvalue weighted by Gasteiger charge is 2.31. The second-order valence-electron chi connectivity index (χ2n) is 4.43. The largest absolute Gasteiger partial charge is 0.469 e. The first kappa shape index (κ1) is 15.6. The summed E-state index contributed by atoms with van der Waals surface area (Å²) >= 11 is 0. The van der Waals surface area contributed by atoms with Gasteiger partial charge >= 0.3 is 5.97 Å². The first-order chi connectivity index (χ1) is 9.49. The Hall–Kier alpha value is -2.42. The van der Waals surface area contributed by atoms with Crippen LogP contribution in [0.25, 0.3) is 0 Å². The lowest BCUT2D eigenvalue weighted by molar-refractivity contribution is -0.384. The van der Waals surface area contributed by atoms with Crippen LogP contribution in [0.5, 0.6) is 0 Å². The van der Waals surface area contributed by atoms with Crippen LogP contribution in [0.2, 0.25) is 0 Å². The van der Waals surface area contributed by atoms with Gasteiger partial charge < -0.3 is 4.74 Å². The molecule has 0 N–H and O–H groups in total. The summed E-state index contributed by atoms with van der Waals surface area (Å²) in [7, 11) is 1.30. The number of hydrogen-bond donors (Lipinski definition) is 0. The molecule has 0 spiro atoms. The first-order valence-electron chi connectivity index (χ1n) is 6.22. The van der Waals surface area contributed by atoms with E-state index in [9.17, 15) is 20.2 Å². The van der Waals surface area contributed by atoms with Crippen LogP contribution in [0, 0.1) is 21.4 Å². The quantitative estimate of drug-likeness (QED) is 0.452. The van der Waals surface area contributed by atoms with E-state index in [1.807, 2.05) is 6.92 Å².